The highest BCUT2D eigenvalue weighted by Crippen LogP contribution is 2.28. The van der Waals surface area contributed by atoms with E-state index in [1.165, 1.54) is 12.4 Å². The highest BCUT2D eigenvalue weighted by molar-refractivity contribution is 7.88. The largest absolute Gasteiger partial charge is 0.382 e. The Bertz CT molecular complexity index is 1290. The minimum atomic E-state index is -3.31. The number of aromatic nitrogens is 3. The summed E-state index contributed by atoms with van der Waals surface area (Å²) in [5, 5.41) is 15.9. The number of carbonyl (C=O) groups is 1. The van der Waals surface area contributed by atoms with Crippen LogP contribution in [0.2, 0.25) is 0 Å². The van der Waals surface area contributed by atoms with Crippen LogP contribution in [0.25, 0.3) is 16.9 Å². The number of nitriles is 1. The zero-order valence-electron chi connectivity index (χ0n) is 16.8. The summed E-state index contributed by atoms with van der Waals surface area (Å²) in [5.74, 6) is 0.248. The molecule has 1 amide bonds. The maximum atomic E-state index is 12.7. The van der Waals surface area contributed by atoms with E-state index in [1.54, 1.807) is 16.7 Å². The molecule has 1 aliphatic carbocycles. The highest BCUT2D eigenvalue weighted by Gasteiger charge is 2.24. The number of nitrogens with zero attached hydrogens (tertiary/aromatic N) is 4. The van der Waals surface area contributed by atoms with Crippen LogP contribution in [0.4, 0.5) is 5.69 Å². The molecular weight excluding hydrogens is 418 g/mol. The van der Waals surface area contributed by atoms with E-state index in [1.807, 2.05) is 12.3 Å². The second-order valence-corrected chi connectivity index (χ2v) is 9.20. The Labute approximate surface area is 179 Å². The van der Waals surface area contributed by atoms with Gasteiger partial charge in [0, 0.05) is 49.2 Å². The summed E-state index contributed by atoms with van der Waals surface area (Å²) < 4.78 is 26.4. The zero-order chi connectivity index (χ0) is 22.0. The lowest BCUT2D eigenvalue weighted by molar-refractivity contribution is 0.0955. The normalized spacial score (nSPS) is 13.7. The van der Waals surface area contributed by atoms with Crippen molar-refractivity contribution < 1.29 is 13.2 Å². The fourth-order valence-corrected chi connectivity index (χ4v) is 3.57. The zero-order valence-corrected chi connectivity index (χ0v) is 17.6. The molecule has 0 aromatic carbocycles. The lowest BCUT2D eigenvalue weighted by Crippen LogP contribution is -2.34. The number of hydrogen-bond acceptors (Lipinski definition) is 7. The molecule has 0 radical (unpaired) electrons. The average Bonchev–Trinajstić information content (AvgIpc) is 3.45. The Morgan fingerprint density at radius 1 is 1.26 bits per heavy atom. The van der Waals surface area contributed by atoms with Crippen LogP contribution < -0.4 is 15.4 Å². The second kappa shape index (κ2) is 8.33. The summed E-state index contributed by atoms with van der Waals surface area (Å²) in [6.07, 6.45) is 7.95. The molecule has 11 heteroatoms. The van der Waals surface area contributed by atoms with Crippen molar-refractivity contribution in [2.24, 2.45) is 0 Å². The van der Waals surface area contributed by atoms with Gasteiger partial charge in [-0.1, -0.05) is 0 Å². The molecular formula is C20H21N7O3S. The molecule has 31 heavy (non-hydrogen) atoms. The van der Waals surface area contributed by atoms with Crippen LogP contribution >= 0.6 is 0 Å². The first-order chi connectivity index (χ1) is 14.8. The van der Waals surface area contributed by atoms with Crippen molar-refractivity contribution in [3.63, 3.8) is 0 Å². The molecule has 3 heterocycles. The molecule has 3 aromatic heterocycles. The van der Waals surface area contributed by atoms with Crippen LogP contribution in [0.5, 0.6) is 0 Å². The quantitative estimate of drug-likeness (QED) is 0.447. The monoisotopic (exact) mass is 439 g/mol. The van der Waals surface area contributed by atoms with E-state index >= 15 is 0 Å². The molecule has 0 atom stereocenters. The second-order valence-electron chi connectivity index (χ2n) is 7.36. The van der Waals surface area contributed by atoms with Crippen LogP contribution in [0, 0.1) is 11.3 Å². The summed E-state index contributed by atoms with van der Waals surface area (Å²) in [6.45, 7) is 0.261. The van der Waals surface area contributed by atoms with Gasteiger partial charge in [0.15, 0.2) is 0 Å². The molecule has 4 rings (SSSR count). The predicted octanol–water partition coefficient (Wildman–Crippen LogP) is 1.15. The Hall–Kier alpha value is -3.49. The van der Waals surface area contributed by atoms with Gasteiger partial charge >= 0.3 is 0 Å². The number of hydrogen-bond donors (Lipinski definition) is 3. The lowest BCUT2D eigenvalue weighted by atomic mass is 10.2. The van der Waals surface area contributed by atoms with Crippen LogP contribution in [0.3, 0.4) is 0 Å². The van der Waals surface area contributed by atoms with Crippen LogP contribution in [-0.2, 0) is 10.0 Å². The first kappa shape index (κ1) is 20.8. The van der Waals surface area contributed by atoms with Crippen LogP contribution in [0.1, 0.15) is 28.8 Å². The first-order valence-electron chi connectivity index (χ1n) is 9.71. The Kier molecular flexibility index (Phi) is 5.58. The molecule has 0 aliphatic heterocycles. The fraction of sp³-hybridized carbons (Fsp3) is 0.300. The minimum Gasteiger partial charge on any atom is -0.382 e. The van der Waals surface area contributed by atoms with Gasteiger partial charge in [-0.05, 0) is 25.0 Å². The van der Waals surface area contributed by atoms with Gasteiger partial charge in [0.25, 0.3) is 5.91 Å². The molecule has 0 saturated heterocycles. The number of amides is 1. The number of pyridine rings is 2. The maximum absolute atomic E-state index is 12.7. The maximum Gasteiger partial charge on any atom is 0.255 e. The number of sulfonamides is 1. The van der Waals surface area contributed by atoms with Crippen molar-refractivity contribution >= 4 is 32.7 Å². The third-order valence-corrected chi connectivity index (χ3v) is 5.48. The lowest BCUT2D eigenvalue weighted by Gasteiger charge is -2.14. The third-order valence-electron chi connectivity index (χ3n) is 4.75. The molecule has 0 spiro atoms. The summed E-state index contributed by atoms with van der Waals surface area (Å²) in [5.41, 5.74) is 2.17. The average molecular weight is 440 g/mol. The van der Waals surface area contributed by atoms with Gasteiger partial charge in [0.1, 0.15) is 17.5 Å². The minimum absolute atomic E-state index is 0.104. The van der Waals surface area contributed by atoms with E-state index in [4.69, 9.17) is 5.26 Å². The topological polar surface area (TPSA) is 142 Å². The predicted molar refractivity (Wildman–Crippen MR) is 115 cm³/mol. The van der Waals surface area contributed by atoms with Crippen molar-refractivity contribution in [1.29, 1.82) is 5.26 Å². The van der Waals surface area contributed by atoms with E-state index < -0.39 is 10.0 Å². The number of nitrogens with one attached hydrogen (secondary N) is 3. The Morgan fingerprint density at radius 3 is 2.77 bits per heavy atom. The van der Waals surface area contributed by atoms with E-state index in [2.05, 4.69) is 31.4 Å². The van der Waals surface area contributed by atoms with Gasteiger partial charge in [-0.15, -0.1) is 0 Å². The molecule has 3 N–H and O–H groups in total. The van der Waals surface area contributed by atoms with Crippen molar-refractivity contribution in [2.75, 3.05) is 24.7 Å². The van der Waals surface area contributed by atoms with E-state index in [0.717, 1.165) is 24.5 Å². The molecule has 0 unspecified atom stereocenters. The molecule has 0 bridgehead atoms. The van der Waals surface area contributed by atoms with Gasteiger partial charge in [0.05, 0.1) is 23.1 Å². The number of rotatable bonds is 8. The Balaban J connectivity index is 1.59. The fourth-order valence-electron chi connectivity index (χ4n) is 3.10. The number of fused-ring (bicyclic) bond motifs is 1. The Morgan fingerprint density at radius 2 is 2.06 bits per heavy atom. The van der Waals surface area contributed by atoms with E-state index in [-0.39, 0.29) is 19.0 Å². The number of carbonyl (C=O) groups excluding carboxylic acids is 1. The van der Waals surface area contributed by atoms with Gasteiger partial charge in [-0.2, -0.15) is 5.26 Å². The standard InChI is InChI=1S/C20H21N7O3S/c1-31(29,30)25-6-5-22-20(28)16-12-23-18(9-17(16)26-15-2-3-15)27-7-4-14-8-13(10-21)11-24-19(14)27/h4,7-9,11-12,15,25H,2-3,5-6H2,1H3,(H,22,28)(H,23,26). The summed E-state index contributed by atoms with van der Waals surface area (Å²) in [7, 11) is -3.31. The smallest absolute Gasteiger partial charge is 0.255 e. The van der Waals surface area contributed by atoms with Crippen molar-refractivity contribution in [3.05, 3.63) is 47.9 Å². The molecule has 160 valence electrons. The van der Waals surface area contributed by atoms with Crippen LogP contribution in [-0.4, -0.2) is 54.2 Å². The van der Waals surface area contributed by atoms with Crippen molar-refractivity contribution in [2.45, 2.75) is 18.9 Å². The van der Waals surface area contributed by atoms with Gasteiger partial charge in [-0.3, -0.25) is 9.36 Å². The van der Waals surface area contributed by atoms with Crippen molar-refractivity contribution in [1.82, 2.24) is 24.6 Å². The molecule has 3 aromatic rings. The molecule has 1 fully saturated rings. The number of anilines is 1. The van der Waals surface area contributed by atoms with Gasteiger partial charge < -0.3 is 10.6 Å². The van der Waals surface area contributed by atoms with Gasteiger partial charge in [-0.25, -0.2) is 23.1 Å². The summed E-state index contributed by atoms with van der Waals surface area (Å²) >= 11 is 0. The summed E-state index contributed by atoms with van der Waals surface area (Å²) in [6, 6.07) is 7.79. The van der Waals surface area contributed by atoms with Crippen molar-refractivity contribution in [3.8, 4) is 11.9 Å². The highest BCUT2D eigenvalue weighted by atomic mass is 32.2. The van der Waals surface area contributed by atoms with Gasteiger partial charge in [0.2, 0.25) is 10.0 Å². The molecule has 1 saturated carbocycles. The third kappa shape index (κ3) is 4.99. The van der Waals surface area contributed by atoms with Crippen LogP contribution in [0.15, 0.2) is 36.8 Å². The summed E-state index contributed by atoms with van der Waals surface area (Å²) in [4.78, 5) is 21.5. The SMILES string of the molecule is CS(=O)(=O)NCCNC(=O)c1cnc(-n2ccc3cc(C#N)cnc32)cc1NC1CC1. The first-order valence-corrected chi connectivity index (χ1v) is 11.6. The molecule has 10 nitrogen and oxygen atoms in total. The van der Waals surface area contributed by atoms with E-state index in [0.29, 0.717) is 34.3 Å². The molecule has 1 aliphatic rings. The van der Waals surface area contributed by atoms with E-state index in [9.17, 15) is 13.2 Å².